The number of nitrogens with zero attached hydrogens (tertiary/aromatic N) is 3. The van der Waals surface area contributed by atoms with Crippen LogP contribution in [0.2, 0.25) is 0 Å². The minimum atomic E-state index is 0.237. The molecular weight excluding hydrogens is 228 g/mol. The summed E-state index contributed by atoms with van der Waals surface area (Å²) in [5, 5.41) is 3.28. The molecule has 0 aromatic carbocycles. The highest BCUT2D eigenvalue weighted by molar-refractivity contribution is 5.74. The third kappa shape index (κ3) is 3.59. The van der Waals surface area contributed by atoms with E-state index in [1.54, 1.807) is 0 Å². The van der Waals surface area contributed by atoms with Crippen molar-refractivity contribution in [2.24, 2.45) is 5.92 Å². The van der Waals surface area contributed by atoms with Gasteiger partial charge in [-0.05, 0) is 5.92 Å². The zero-order chi connectivity index (χ0) is 13.0. The summed E-state index contributed by atoms with van der Waals surface area (Å²) < 4.78 is 0. The number of nitrogens with one attached hydrogen (secondary N) is 1. The highest BCUT2D eigenvalue weighted by atomic mass is 16.2. The van der Waals surface area contributed by atoms with Gasteiger partial charge in [-0.15, -0.1) is 0 Å². The van der Waals surface area contributed by atoms with E-state index in [4.69, 9.17) is 0 Å². The molecule has 2 fully saturated rings. The van der Waals surface area contributed by atoms with Crippen LogP contribution in [0.25, 0.3) is 0 Å². The molecule has 0 bridgehead atoms. The number of carbonyl (C=O) groups excluding carboxylic acids is 1. The zero-order valence-corrected chi connectivity index (χ0v) is 11.7. The molecule has 18 heavy (non-hydrogen) atoms. The first-order chi connectivity index (χ1) is 8.66. The highest BCUT2D eigenvalue weighted by Crippen LogP contribution is 2.08. The van der Waals surface area contributed by atoms with E-state index < -0.39 is 0 Å². The molecule has 2 rings (SSSR count). The van der Waals surface area contributed by atoms with E-state index in [2.05, 4.69) is 24.1 Å². The van der Waals surface area contributed by atoms with E-state index >= 15 is 0 Å². The maximum atomic E-state index is 12.3. The highest BCUT2D eigenvalue weighted by Gasteiger charge is 2.25. The van der Waals surface area contributed by atoms with E-state index in [0.29, 0.717) is 5.92 Å². The lowest BCUT2D eigenvalue weighted by Gasteiger charge is -2.39. The molecule has 0 spiro atoms. The maximum absolute atomic E-state index is 12.3. The van der Waals surface area contributed by atoms with Crippen LogP contribution in [0.4, 0.5) is 4.79 Å². The molecule has 0 unspecified atom stereocenters. The van der Waals surface area contributed by atoms with Crippen LogP contribution in [-0.2, 0) is 0 Å². The van der Waals surface area contributed by atoms with Crippen LogP contribution in [0.15, 0.2) is 0 Å². The van der Waals surface area contributed by atoms with Gasteiger partial charge >= 0.3 is 6.03 Å². The first-order valence-corrected chi connectivity index (χ1v) is 7.13. The third-order valence-corrected chi connectivity index (χ3v) is 3.65. The lowest BCUT2D eigenvalue weighted by molar-refractivity contribution is 0.104. The summed E-state index contributed by atoms with van der Waals surface area (Å²) in [6.07, 6.45) is 0. The standard InChI is InChI=1S/C13H26N4O/c1-12(2)11-15-7-9-17(10-8-15)13(18)16-5-3-14-4-6-16/h12,14H,3-11H2,1-2H3. The second-order valence-corrected chi connectivity index (χ2v) is 5.70. The number of carbonyl (C=O) groups is 1. The topological polar surface area (TPSA) is 38.8 Å². The number of hydrogen-bond acceptors (Lipinski definition) is 3. The van der Waals surface area contributed by atoms with Gasteiger partial charge in [-0.25, -0.2) is 4.79 Å². The molecule has 2 saturated heterocycles. The van der Waals surface area contributed by atoms with Gasteiger partial charge in [-0.1, -0.05) is 13.8 Å². The summed E-state index contributed by atoms with van der Waals surface area (Å²) in [5.41, 5.74) is 0. The molecule has 0 aromatic heterocycles. The van der Waals surface area contributed by atoms with E-state index in [9.17, 15) is 4.79 Å². The average Bonchev–Trinajstić information content (AvgIpc) is 2.39. The molecule has 5 heteroatoms. The lowest BCUT2D eigenvalue weighted by Crippen LogP contribution is -2.56. The summed E-state index contributed by atoms with van der Waals surface area (Å²) in [5.74, 6) is 0.709. The number of rotatable bonds is 2. The van der Waals surface area contributed by atoms with Crippen LogP contribution in [0.3, 0.4) is 0 Å². The van der Waals surface area contributed by atoms with Gasteiger partial charge in [0, 0.05) is 58.9 Å². The third-order valence-electron chi connectivity index (χ3n) is 3.65. The van der Waals surface area contributed by atoms with Crippen molar-refractivity contribution < 1.29 is 4.79 Å². The quantitative estimate of drug-likeness (QED) is 0.769. The van der Waals surface area contributed by atoms with Crippen LogP contribution in [-0.4, -0.2) is 79.6 Å². The molecule has 2 aliphatic rings. The van der Waals surface area contributed by atoms with Crippen LogP contribution in [0.1, 0.15) is 13.8 Å². The van der Waals surface area contributed by atoms with Crippen molar-refractivity contribution in [2.45, 2.75) is 13.8 Å². The summed E-state index contributed by atoms with van der Waals surface area (Å²) in [4.78, 5) is 18.7. The Hall–Kier alpha value is -0.810. The molecule has 0 atom stereocenters. The summed E-state index contributed by atoms with van der Waals surface area (Å²) in [6.45, 7) is 13.0. The van der Waals surface area contributed by atoms with Crippen molar-refractivity contribution >= 4 is 6.03 Å². The molecule has 2 aliphatic heterocycles. The molecule has 1 N–H and O–H groups in total. The van der Waals surface area contributed by atoms with Gasteiger partial charge in [0.15, 0.2) is 0 Å². The van der Waals surface area contributed by atoms with Gasteiger partial charge in [-0.3, -0.25) is 4.90 Å². The smallest absolute Gasteiger partial charge is 0.320 e. The molecule has 104 valence electrons. The number of urea groups is 1. The molecule has 0 aliphatic carbocycles. The first-order valence-electron chi connectivity index (χ1n) is 7.13. The molecule has 2 amide bonds. The van der Waals surface area contributed by atoms with Gasteiger partial charge in [0.05, 0.1) is 0 Å². The normalized spacial score (nSPS) is 22.6. The predicted octanol–water partition coefficient (Wildman–Crippen LogP) is 0.285. The van der Waals surface area contributed by atoms with Crippen molar-refractivity contribution in [1.82, 2.24) is 20.0 Å². The van der Waals surface area contributed by atoms with Crippen molar-refractivity contribution in [3.05, 3.63) is 0 Å². The Bertz CT molecular complexity index is 268. The van der Waals surface area contributed by atoms with Crippen molar-refractivity contribution in [3.8, 4) is 0 Å². The Kier molecular flexibility index (Phi) is 4.83. The molecule has 0 saturated carbocycles. The Balaban J connectivity index is 1.76. The van der Waals surface area contributed by atoms with Crippen LogP contribution in [0.5, 0.6) is 0 Å². The number of amides is 2. The molecule has 2 heterocycles. The SMILES string of the molecule is CC(C)CN1CCN(C(=O)N2CCNCC2)CC1. The maximum Gasteiger partial charge on any atom is 0.320 e. The number of piperazine rings is 2. The van der Waals surface area contributed by atoms with Gasteiger partial charge in [-0.2, -0.15) is 0 Å². The van der Waals surface area contributed by atoms with E-state index in [0.717, 1.165) is 58.9 Å². The Labute approximate surface area is 110 Å². The minimum absolute atomic E-state index is 0.237. The monoisotopic (exact) mass is 254 g/mol. The molecule has 0 aromatic rings. The van der Waals surface area contributed by atoms with Crippen molar-refractivity contribution in [2.75, 3.05) is 58.9 Å². The van der Waals surface area contributed by atoms with E-state index in [1.165, 1.54) is 0 Å². The minimum Gasteiger partial charge on any atom is -0.322 e. The Morgan fingerprint density at radius 3 is 2.11 bits per heavy atom. The fourth-order valence-corrected chi connectivity index (χ4v) is 2.69. The van der Waals surface area contributed by atoms with Gasteiger partial charge in [0.25, 0.3) is 0 Å². The number of hydrogen-bond donors (Lipinski definition) is 1. The lowest BCUT2D eigenvalue weighted by atomic mass is 10.2. The Morgan fingerprint density at radius 1 is 1.00 bits per heavy atom. The fourth-order valence-electron chi connectivity index (χ4n) is 2.69. The van der Waals surface area contributed by atoms with E-state index in [1.807, 2.05) is 9.80 Å². The second kappa shape index (κ2) is 6.38. The van der Waals surface area contributed by atoms with Gasteiger partial charge in [0.1, 0.15) is 0 Å². The van der Waals surface area contributed by atoms with E-state index in [-0.39, 0.29) is 6.03 Å². The Morgan fingerprint density at radius 2 is 1.56 bits per heavy atom. The van der Waals surface area contributed by atoms with Crippen LogP contribution >= 0.6 is 0 Å². The predicted molar refractivity (Wildman–Crippen MR) is 72.7 cm³/mol. The molecular formula is C13H26N4O. The van der Waals surface area contributed by atoms with Crippen molar-refractivity contribution in [1.29, 1.82) is 0 Å². The van der Waals surface area contributed by atoms with Crippen LogP contribution in [0, 0.1) is 5.92 Å². The average molecular weight is 254 g/mol. The van der Waals surface area contributed by atoms with Crippen molar-refractivity contribution in [3.63, 3.8) is 0 Å². The van der Waals surface area contributed by atoms with Gasteiger partial charge < -0.3 is 15.1 Å². The molecule has 5 nitrogen and oxygen atoms in total. The largest absolute Gasteiger partial charge is 0.322 e. The van der Waals surface area contributed by atoms with Gasteiger partial charge in [0.2, 0.25) is 0 Å². The first kappa shape index (κ1) is 13.6. The summed E-state index contributed by atoms with van der Waals surface area (Å²) in [6, 6.07) is 0.237. The fraction of sp³-hybridized carbons (Fsp3) is 0.923. The molecule has 0 radical (unpaired) electrons. The van der Waals surface area contributed by atoms with Crippen LogP contribution < -0.4 is 5.32 Å². The summed E-state index contributed by atoms with van der Waals surface area (Å²) >= 11 is 0. The second-order valence-electron chi connectivity index (χ2n) is 5.70. The zero-order valence-electron chi connectivity index (χ0n) is 11.7. The summed E-state index contributed by atoms with van der Waals surface area (Å²) in [7, 11) is 0.